The lowest BCUT2D eigenvalue weighted by molar-refractivity contribution is 0.281. The molecule has 14 heavy (non-hydrogen) atoms. The van der Waals surface area contributed by atoms with E-state index < -0.39 is 0 Å². The predicted octanol–water partition coefficient (Wildman–Crippen LogP) is 3.03. The van der Waals surface area contributed by atoms with E-state index in [1.165, 1.54) is 11.3 Å². The van der Waals surface area contributed by atoms with Gasteiger partial charge in [0.2, 0.25) is 0 Å². The van der Waals surface area contributed by atoms with Crippen molar-refractivity contribution in [3.05, 3.63) is 46.7 Å². The van der Waals surface area contributed by atoms with Crippen LogP contribution in [0.25, 0.3) is 0 Å². The van der Waals surface area contributed by atoms with Crippen molar-refractivity contribution < 1.29 is 9.84 Å². The highest BCUT2D eigenvalue weighted by atomic mass is 32.1. The number of aliphatic hydroxyl groups excluding tert-OH is 1. The molecule has 0 unspecified atom stereocenters. The average Bonchev–Trinajstić information content (AvgIpc) is 2.67. The van der Waals surface area contributed by atoms with Crippen molar-refractivity contribution >= 4 is 11.3 Å². The number of aliphatic hydroxyl groups is 1. The summed E-state index contributed by atoms with van der Waals surface area (Å²) in [6.07, 6.45) is 0. The highest BCUT2D eigenvalue weighted by molar-refractivity contribution is 7.10. The van der Waals surface area contributed by atoms with E-state index in [1.54, 1.807) is 0 Å². The Morgan fingerprint density at radius 3 is 2.64 bits per heavy atom. The van der Waals surface area contributed by atoms with Crippen molar-refractivity contribution in [2.75, 3.05) is 0 Å². The third-order valence-corrected chi connectivity index (χ3v) is 2.71. The van der Waals surface area contributed by atoms with Gasteiger partial charge in [-0.1, -0.05) is 18.2 Å². The zero-order valence-electron chi connectivity index (χ0n) is 7.51. The van der Waals surface area contributed by atoms with E-state index >= 15 is 0 Å². The molecular formula is C11H10O2S. The third kappa shape index (κ3) is 1.95. The fraction of sp³-hybridized carbons (Fsp3) is 0.0909. The molecule has 2 aromatic rings. The number of para-hydroxylation sites is 1. The first-order valence-electron chi connectivity index (χ1n) is 4.30. The highest BCUT2D eigenvalue weighted by Crippen LogP contribution is 2.29. The van der Waals surface area contributed by atoms with E-state index in [1.807, 2.05) is 41.8 Å². The van der Waals surface area contributed by atoms with E-state index in [4.69, 9.17) is 9.84 Å². The second-order valence-corrected chi connectivity index (χ2v) is 3.78. The van der Waals surface area contributed by atoms with Crippen LogP contribution in [0.3, 0.4) is 0 Å². The van der Waals surface area contributed by atoms with Gasteiger partial charge in [-0.15, -0.1) is 11.3 Å². The molecule has 0 radical (unpaired) electrons. The Morgan fingerprint density at radius 1 is 1.14 bits per heavy atom. The highest BCUT2D eigenvalue weighted by Gasteiger charge is 2.04. The van der Waals surface area contributed by atoms with E-state index in [0.29, 0.717) is 0 Å². The van der Waals surface area contributed by atoms with E-state index in [2.05, 4.69) is 0 Å². The van der Waals surface area contributed by atoms with Gasteiger partial charge in [-0.3, -0.25) is 0 Å². The molecule has 1 heterocycles. The van der Waals surface area contributed by atoms with Crippen LogP contribution in [0.1, 0.15) is 4.88 Å². The van der Waals surface area contributed by atoms with Gasteiger partial charge >= 0.3 is 0 Å². The van der Waals surface area contributed by atoms with E-state index in [-0.39, 0.29) is 6.61 Å². The van der Waals surface area contributed by atoms with Gasteiger partial charge < -0.3 is 9.84 Å². The maximum absolute atomic E-state index is 9.02. The lowest BCUT2D eigenvalue weighted by Crippen LogP contribution is -1.85. The Labute approximate surface area is 86.4 Å². The molecule has 2 rings (SSSR count). The van der Waals surface area contributed by atoms with Crippen LogP contribution in [0, 0.1) is 0 Å². The Hall–Kier alpha value is -1.32. The van der Waals surface area contributed by atoms with Gasteiger partial charge in [-0.25, -0.2) is 0 Å². The number of hydrogen-bond acceptors (Lipinski definition) is 3. The molecule has 0 saturated heterocycles. The van der Waals surface area contributed by atoms with Crippen LogP contribution in [-0.2, 0) is 6.61 Å². The predicted molar refractivity (Wildman–Crippen MR) is 56.8 cm³/mol. The SMILES string of the molecule is OCc1sccc1Oc1ccccc1. The topological polar surface area (TPSA) is 29.5 Å². The van der Waals surface area contributed by atoms with Gasteiger partial charge in [0.25, 0.3) is 0 Å². The molecule has 0 bridgehead atoms. The van der Waals surface area contributed by atoms with Gasteiger partial charge in [0.05, 0.1) is 11.5 Å². The molecule has 0 amide bonds. The molecule has 1 N–H and O–H groups in total. The molecule has 0 fully saturated rings. The van der Waals surface area contributed by atoms with Crippen molar-refractivity contribution in [3.8, 4) is 11.5 Å². The molecule has 0 saturated carbocycles. The summed E-state index contributed by atoms with van der Waals surface area (Å²) in [4.78, 5) is 0.855. The molecule has 3 heteroatoms. The molecule has 0 aliphatic carbocycles. The number of rotatable bonds is 3. The van der Waals surface area contributed by atoms with Crippen molar-refractivity contribution in [1.82, 2.24) is 0 Å². The Kier molecular flexibility index (Phi) is 2.81. The Morgan fingerprint density at radius 2 is 1.93 bits per heavy atom. The summed E-state index contributed by atoms with van der Waals surface area (Å²) in [7, 11) is 0. The van der Waals surface area contributed by atoms with E-state index in [9.17, 15) is 0 Å². The minimum atomic E-state index is 0.0276. The monoisotopic (exact) mass is 206 g/mol. The molecule has 2 nitrogen and oxygen atoms in total. The summed E-state index contributed by atoms with van der Waals surface area (Å²) in [6.45, 7) is 0.0276. The first kappa shape index (κ1) is 9.24. The number of benzene rings is 1. The minimum Gasteiger partial charge on any atom is -0.456 e. The first-order chi connectivity index (χ1) is 6.90. The van der Waals surface area contributed by atoms with Crippen molar-refractivity contribution in [3.63, 3.8) is 0 Å². The molecule has 72 valence electrons. The van der Waals surface area contributed by atoms with Crippen LogP contribution in [0.2, 0.25) is 0 Å². The van der Waals surface area contributed by atoms with Gasteiger partial charge in [-0.2, -0.15) is 0 Å². The van der Waals surface area contributed by atoms with Crippen molar-refractivity contribution in [2.24, 2.45) is 0 Å². The largest absolute Gasteiger partial charge is 0.456 e. The number of hydrogen-bond donors (Lipinski definition) is 1. The molecule has 0 atom stereocenters. The smallest absolute Gasteiger partial charge is 0.143 e. The van der Waals surface area contributed by atoms with Crippen LogP contribution in [0.5, 0.6) is 11.5 Å². The standard InChI is InChI=1S/C11H10O2S/c12-8-11-10(6-7-14-11)13-9-4-2-1-3-5-9/h1-7,12H,8H2. The molecular weight excluding hydrogens is 196 g/mol. The van der Waals surface area contributed by atoms with Gasteiger partial charge in [0.1, 0.15) is 11.5 Å². The Bertz CT molecular complexity index is 395. The van der Waals surface area contributed by atoms with Crippen LogP contribution in [0.4, 0.5) is 0 Å². The molecule has 1 aromatic heterocycles. The van der Waals surface area contributed by atoms with Gasteiger partial charge in [0, 0.05) is 0 Å². The van der Waals surface area contributed by atoms with Crippen LogP contribution in [-0.4, -0.2) is 5.11 Å². The summed E-state index contributed by atoms with van der Waals surface area (Å²) in [5.74, 6) is 1.53. The second kappa shape index (κ2) is 4.26. The molecule has 0 aliphatic heterocycles. The first-order valence-corrected chi connectivity index (χ1v) is 5.18. The summed E-state index contributed by atoms with van der Waals surface area (Å²) >= 11 is 1.49. The summed E-state index contributed by atoms with van der Waals surface area (Å²) in [5, 5.41) is 10.9. The average molecular weight is 206 g/mol. The fourth-order valence-corrected chi connectivity index (χ4v) is 1.81. The fourth-order valence-electron chi connectivity index (χ4n) is 1.15. The lowest BCUT2D eigenvalue weighted by atomic mass is 10.3. The summed E-state index contributed by atoms with van der Waals surface area (Å²) < 4.78 is 5.59. The summed E-state index contributed by atoms with van der Waals surface area (Å²) in [5.41, 5.74) is 0. The van der Waals surface area contributed by atoms with Gasteiger partial charge in [0.15, 0.2) is 0 Å². The lowest BCUT2D eigenvalue weighted by Gasteiger charge is -2.04. The third-order valence-electron chi connectivity index (χ3n) is 1.82. The van der Waals surface area contributed by atoms with Gasteiger partial charge in [-0.05, 0) is 23.6 Å². The van der Waals surface area contributed by atoms with Crippen molar-refractivity contribution in [2.45, 2.75) is 6.61 Å². The quantitative estimate of drug-likeness (QED) is 0.836. The van der Waals surface area contributed by atoms with E-state index in [0.717, 1.165) is 16.4 Å². The maximum atomic E-state index is 9.02. The normalized spacial score (nSPS) is 10.1. The maximum Gasteiger partial charge on any atom is 0.143 e. The van der Waals surface area contributed by atoms with Crippen LogP contribution in [0.15, 0.2) is 41.8 Å². The number of ether oxygens (including phenoxy) is 1. The zero-order valence-corrected chi connectivity index (χ0v) is 8.33. The van der Waals surface area contributed by atoms with Crippen LogP contribution < -0.4 is 4.74 Å². The van der Waals surface area contributed by atoms with Crippen molar-refractivity contribution in [1.29, 1.82) is 0 Å². The molecule has 0 spiro atoms. The Balaban J connectivity index is 2.19. The summed E-state index contributed by atoms with van der Waals surface area (Å²) in [6, 6.07) is 11.4. The molecule has 1 aromatic carbocycles. The minimum absolute atomic E-state index is 0.0276. The second-order valence-electron chi connectivity index (χ2n) is 2.78. The molecule has 0 aliphatic rings. The van der Waals surface area contributed by atoms with Crippen LogP contribution >= 0.6 is 11.3 Å². The zero-order chi connectivity index (χ0) is 9.80. The number of thiophene rings is 1.